The Morgan fingerprint density at radius 1 is 1.26 bits per heavy atom. The van der Waals surface area contributed by atoms with Crippen LogP contribution >= 0.6 is 11.6 Å². The normalized spacial score (nSPS) is 12.1. The molecule has 0 spiro atoms. The van der Waals surface area contributed by atoms with Crippen LogP contribution < -0.4 is 10.5 Å². The Labute approximate surface area is 119 Å². The van der Waals surface area contributed by atoms with Gasteiger partial charge in [-0.3, -0.25) is 4.21 Å². The molecule has 0 amide bonds. The van der Waals surface area contributed by atoms with Crippen LogP contribution in [0.2, 0.25) is 5.02 Å². The van der Waals surface area contributed by atoms with Crippen LogP contribution in [-0.2, 0) is 16.6 Å². The van der Waals surface area contributed by atoms with Crippen LogP contribution in [0, 0.1) is 0 Å². The predicted octanol–water partition coefficient (Wildman–Crippen LogP) is 3.24. The maximum absolute atomic E-state index is 12.3. The fourth-order valence-corrected chi connectivity index (χ4v) is 3.04. The number of halogens is 1. The number of benzene rings is 2. The number of anilines is 1. The summed E-state index contributed by atoms with van der Waals surface area (Å²) in [6.07, 6.45) is 0. The molecule has 0 saturated heterocycles. The zero-order valence-corrected chi connectivity index (χ0v) is 12.0. The van der Waals surface area contributed by atoms with Gasteiger partial charge in [0.2, 0.25) is 0 Å². The van der Waals surface area contributed by atoms with Gasteiger partial charge in [-0.15, -0.1) is 0 Å². The summed E-state index contributed by atoms with van der Waals surface area (Å²) in [5.74, 6) is 1.05. The monoisotopic (exact) mass is 295 g/mol. The van der Waals surface area contributed by atoms with E-state index < -0.39 is 10.8 Å². The summed E-state index contributed by atoms with van der Waals surface area (Å²) < 4.78 is 17.4. The van der Waals surface area contributed by atoms with Gasteiger partial charge in [-0.2, -0.15) is 0 Å². The molecular weight excluding hydrogens is 282 g/mol. The first-order chi connectivity index (χ1) is 9.10. The molecule has 2 aromatic carbocycles. The highest BCUT2D eigenvalue weighted by Gasteiger charge is 2.09. The Hall–Kier alpha value is -1.52. The molecule has 3 nitrogen and oxygen atoms in total. The smallest absolute Gasteiger partial charge is 0.120 e. The number of hydrogen-bond donors (Lipinski definition) is 1. The standard InChI is InChI=1S/C14H14ClNO2S/c1-18-12-3-2-4-13(8-12)19(17)9-10-5-6-11(15)7-14(10)16/h2-8H,9,16H2,1H3. The Morgan fingerprint density at radius 3 is 2.74 bits per heavy atom. The Morgan fingerprint density at radius 2 is 2.05 bits per heavy atom. The predicted molar refractivity (Wildman–Crippen MR) is 79.0 cm³/mol. The molecule has 0 fully saturated rings. The molecule has 0 heterocycles. The van der Waals surface area contributed by atoms with Gasteiger partial charge in [0.05, 0.1) is 23.7 Å². The van der Waals surface area contributed by atoms with Crippen molar-refractivity contribution >= 4 is 28.1 Å². The van der Waals surface area contributed by atoms with Crippen LogP contribution in [0.5, 0.6) is 5.75 Å². The van der Waals surface area contributed by atoms with E-state index in [0.29, 0.717) is 27.1 Å². The fourth-order valence-electron chi connectivity index (χ4n) is 1.66. The highest BCUT2D eigenvalue weighted by atomic mass is 35.5. The Kier molecular flexibility index (Phi) is 4.45. The second-order valence-electron chi connectivity index (χ2n) is 4.01. The van der Waals surface area contributed by atoms with Crippen LogP contribution in [-0.4, -0.2) is 11.3 Å². The van der Waals surface area contributed by atoms with Crippen molar-refractivity contribution in [2.75, 3.05) is 12.8 Å². The molecule has 2 N–H and O–H groups in total. The lowest BCUT2D eigenvalue weighted by Gasteiger charge is -2.07. The second kappa shape index (κ2) is 6.08. The van der Waals surface area contributed by atoms with Crippen molar-refractivity contribution in [1.82, 2.24) is 0 Å². The maximum Gasteiger partial charge on any atom is 0.120 e. The minimum Gasteiger partial charge on any atom is -0.497 e. The highest BCUT2D eigenvalue weighted by molar-refractivity contribution is 7.84. The summed E-state index contributed by atoms with van der Waals surface area (Å²) in [5.41, 5.74) is 7.24. The minimum atomic E-state index is -1.17. The number of hydrogen-bond acceptors (Lipinski definition) is 3. The lowest BCUT2D eigenvalue weighted by atomic mass is 10.2. The van der Waals surface area contributed by atoms with Crippen LogP contribution in [0.3, 0.4) is 0 Å². The van der Waals surface area contributed by atoms with E-state index in [1.54, 1.807) is 31.4 Å². The summed E-state index contributed by atoms with van der Waals surface area (Å²) in [6, 6.07) is 12.4. The quantitative estimate of drug-likeness (QED) is 0.881. The van der Waals surface area contributed by atoms with Crippen molar-refractivity contribution in [2.24, 2.45) is 0 Å². The van der Waals surface area contributed by atoms with Crippen LogP contribution in [0.15, 0.2) is 47.4 Å². The molecule has 0 aliphatic carbocycles. The van der Waals surface area contributed by atoms with Gasteiger partial charge in [-0.05, 0) is 35.9 Å². The van der Waals surface area contributed by atoms with Crippen molar-refractivity contribution in [2.45, 2.75) is 10.6 Å². The molecule has 1 atom stereocenters. The Balaban J connectivity index is 2.20. The molecule has 0 radical (unpaired) electrons. The topological polar surface area (TPSA) is 52.3 Å². The zero-order valence-electron chi connectivity index (χ0n) is 10.4. The Bertz CT molecular complexity index is 616. The van der Waals surface area contributed by atoms with Gasteiger partial charge in [-0.25, -0.2) is 0 Å². The van der Waals surface area contributed by atoms with E-state index in [1.807, 2.05) is 18.2 Å². The lowest BCUT2D eigenvalue weighted by Crippen LogP contribution is -2.00. The first kappa shape index (κ1) is 13.9. The van der Waals surface area contributed by atoms with E-state index in [2.05, 4.69) is 0 Å². The van der Waals surface area contributed by atoms with Crippen LogP contribution in [0.4, 0.5) is 5.69 Å². The largest absolute Gasteiger partial charge is 0.497 e. The highest BCUT2D eigenvalue weighted by Crippen LogP contribution is 2.23. The number of nitrogens with two attached hydrogens (primary N) is 1. The molecule has 2 rings (SSSR count). The van der Waals surface area contributed by atoms with Gasteiger partial charge < -0.3 is 10.5 Å². The number of ether oxygens (including phenoxy) is 1. The maximum atomic E-state index is 12.3. The van der Waals surface area contributed by atoms with E-state index in [1.165, 1.54) is 0 Å². The van der Waals surface area contributed by atoms with E-state index in [-0.39, 0.29) is 0 Å². The molecule has 2 aromatic rings. The summed E-state index contributed by atoms with van der Waals surface area (Å²) in [7, 11) is 0.416. The molecular formula is C14H14ClNO2S. The van der Waals surface area contributed by atoms with Crippen LogP contribution in [0.25, 0.3) is 0 Å². The summed E-state index contributed by atoms with van der Waals surface area (Å²) in [5, 5.41) is 0.577. The van der Waals surface area contributed by atoms with Crippen LogP contribution in [0.1, 0.15) is 5.56 Å². The van der Waals surface area contributed by atoms with Gasteiger partial charge in [-0.1, -0.05) is 23.7 Å². The summed E-state index contributed by atoms with van der Waals surface area (Å²) in [6.45, 7) is 0. The molecule has 100 valence electrons. The average molecular weight is 296 g/mol. The average Bonchev–Trinajstić information content (AvgIpc) is 2.42. The minimum absolute atomic E-state index is 0.357. The van der Waals surface area contributed by atoms with Gasteiger partial charge in [0.25, 0.3) is 0 Å². The molecule has 0 saturated carbocycles. The molecule has 1 unspecified atom stereocenters. The molecule has 19 heavy (non-hydrogen) atoms. The van der Waals surface area contributed by atoms with Crippen molar-refractivity contribution < 1.29 is 8.95 Å². The van der Waals surface area contributed by atoms with E-state index >= 15 is 0 Å². The molecule has 0 bridgehead atoms. The molecule has 5 heteroatoms. The van der Waals surface area contributed by atoms with E-state index in [9.17, 15) is 4.21 Å². The molecule has 0 aliphatic rings. The van der Waals surface area contributed by atoms with E-state index in [0.717, 1.165) is 5.56 Å². The number of methoxy groups -OCH3 is 1. The van der Waals surface area contributed by atoms with Gasteiger partial charge >= 0.3 is 0 Å². The fraction of sp³-hybridized carbons (Fsp3) is 0.143. The first-order valence-electron chi connectivity index (χ1n) is 5.66. The van der Waals surface area contributed by atoms with Gasteiger partial charge in [0.15, 0.2) is 0 Å². The summed E-state index contributed by atoms with van der Waals surface area (Å²) >= 11 is 5.84. The van der Waals surface area contributed by atoms with Crippen molar-refractivity contribution in [3.05, 3.63) is 53.1 Å². The van der Waals surface area contributed by atoms with Gasteiger partial charge in [0, 0.05) is 15.6 Å². The third kappa shape index (κ3) is 3.49. The zero-order chi connectivity index (χ0) is 13.8. The molecule has 0 aliphatic heterocycles. The van der Waals surface area contributed by atoms with Crippen molar-refractivity contribution in [1.29, 1.82) is 0 Å². The van der Waals surface area contributed by atoms with E-state index in [4.69, 9.17) is 22.1 Å². The summed E-state index contributed by atoms with van der Waals surface area (Å²) in [4.78, 5) is 0.716. The SMILES string of the molecule is COc1cccc(S(=O)Cc2ccc(Cl)cc2N)c1. The van der Waals surface area contributed by atoms with Crippen molar-refractivity contribution in [3.63, 3.8) is 0 Å². The number of nitrogen functional groups attached to an aromatic ring is 1. The lowest BCUT2D eigenvalue weighted by molar-refractivity contribution is 0.413. The number of rotatable bonds is 4. The first-order valence-corrected chi connectivity index (χ1v) is 7.36. The van der Waals surface area contributed by atoms with Crippen molar-refractivity contribution in [3.8, 4) is 5.75 Å². The van der Waals surface area contributed by atoms with Gasteiger partial charge in [0.1, 0.15) is 5.75 Å². The third-order valence-electron chi connectivity index (χ3n) is 2.70. The molecule has 0 aromatic heterocycles. The third-order valence-corrected chi connectivity index (χ3v) is 4.29. The second-order valence-corrected chi connectivity index (χ2v) is 5.90.